The van der Waals surface area contributed by atoms with Gasteiger partial charge in [-0.15, -0.1) is 0 Å². The Morgan fingerprint density at radius 2 is 1.81 bits per heavy atom. The normalized spacial score (nSPS) is 16.1. The molecule has 1 unspecified atom stereocenters. The topological polar surface area (TPSA) is 63.8 Å². The monoisotopic (exact) mass is 436 g/mol. The van der Waals surface area contributed by atoms with Crippen LogP contribution in [0.3, 0.4) is 0 Å². The van der Waals surface area contributed by atoms with Crippen molar-refractivity contribution in [2.75, 3.05) is 33.9 Å². The molecule has 170 valence electrons. The van der Waals surface area contributed by atoms with Crippen LogP contribution in [0.25, 0.3) is 10.9 Å². The number of ether oxygens (including phenoxy) is 3. The number of para-hydroxylation sites is 1. The van der Waals surface area contributed by atoms with Crippen molar-refractivity contribution < 1.29 is 19.0 Å². The van der Waals surface area contributed by atoms with Crippen LogP contribution in [-0.4, -0.2) is 49.8 Å². The summed E-state index contributed by atoms with van der Waals surface area (Å²) in [5.41, 5.74) is 4.69. The first-order valence-corrected chi connectivity index (χ1v) is 11.3. The molecule has 6 nitrogen and oxygen atoms in total. The number of rotatable bonds is 7. The highest BCUT2D eigenvalue weighted by Gasteiger charge is 2.33. The van der Waals surface area contributed by atoms with Crippen LogP contribution < -0.4 is 9.47 Å². The maximum Gasteiger partial charge on any atom is 0.309 e. The van der Waals surface area contributed by atoms with Gasteiger partial charge in [0.1, 0.15) is 0 Å². The third-order valence-electron chi connectivity index (χ3n) is 6.45. The van der Waals surface area contributed by atoms with E-state index in [1.54, 1.807) is 14.2 Å². The minimum atomic E-state index is -0.0712. The number of fused-ring (bicyclic) bond motifs is 1. The fraction of sp³-hybridized carbons (Fsp3) is 0.423. The second-order valence-electron chi connectivity index (χ2n) is 8.29. The molecule has 1 N–H and O–H groups in total. The van der Waals surface area contributed by atoms with Gasteiger partial charge < -0.3 is 19.2 Å². The zero-order chi connectivity index (χ0) is 22.7. The SMILES string of the molecule is CCOC(=O)C1CCN(C(c2ccc(OC)c(OC)c2)c2c(C)[nH]c3ccccc23)CC1. The molecule has 0 bridgehead atoms. The van der Waals surface area contributed by atoms with E-state index >= 15 is 0 Å². The second kappa shape index (κ2) is 9.65. The van der Waals surface area contributed by atoms with Crippen LogP contribution in [0.5, 0.6) is 11.5 Å². The Morgan fingerprint density at radius 1 is 1.09 bits per heavy atom. The summed E-state index contributed by atoms with van der Waals surface area (Å²) in [5.74, 6) is 1.33. The van der Waals surface area contributed by atoms with E-state index in [2.05, 4.69) is 53.2 Å². The van der Waals surface area contributed by atoms with Gasteiger partial charge in [0.05, 0.1) is 32.8 Å². The predicted molar refractivity (Wildman–Crippen MR) is 125 cm³/mol. The van der Waals surface area contributed by atoms with Crippen LogP contribution in [0.1, 0.15) is 42.6 Å². The molecule has 1 aliphatic heterocycles. The summed E-state index contributed by atoms with van der Waals surface area (Å²) in [6.07, 6.45) is 1.59. The smallest absolute Gasteiger partial charge is 0.309 e. The summed E-state index contributed by atoms with van der Waals surface area (Å²) in [6, 6.07) is 14.6. The number of methoxy groups -OCH3 is 2. The number of hydrogen-bond donors (Lipinski definition) is 1. The minimum absolute atomic E-state index is 0.0266. The zero-order valence-electron chi connectivity index (χ0n) is 19.3. The number of carbonyl (C=O) groups is 1. The molecule has 0 radical (unpaired) electrons. The molecule has 0 amide bonds. The van der Waals surface area contributed by atoms with E-state index in [4.69, 9.17) is 14.2 Å². The molecule has 3 aromatic rings. The standard InChI is InChI=1S/C26H32N2O4/c1-5-32-26(29)18-12-14-28(15-13-18)25(19-10-11-22(30-3)23(16-19)31-4)24-17(2)27-21-9-7-6-8-20(21)24/h6-11,16,18,25,27H,5,12-15H2,1-4H3. The summed E-state index contributed by atoms with van der Waals surface area (Å²) in [7, 11) is 3.32. The Morgan fingerprint density at radius 3 is 2.50 bits per heavy atom. The van der Waals surface area contributed by atoms with Gasteiger partial charge in [-0.25, -0.2) is 0 Å². The molecule has 0 saturated carbocycles. The Bertz CT molecular complexity index is 1080. The summed E-state index contributed by atoms with van der Waals surface area (Å²) < 4.78 is 16.4. The first-order valence-electron chi connectivity index (χ1n) is 11.3. The van der Waals surface area contributed by atoms with Gasteiger partial charge >= 0.3 is 5.97 Å². The van der Waals surface area contributed by atoms with Crippen LogP contribution in [0, 0.1) is 12.8 Å². The van der Waals surface area contributed by atoms with Crippen molar-refractivity contribution >= 4 is 16.9 Å². The van der Waals surface area contributed by atoms with Crippen molar-refractivity contribution in [3.05, 3.63) is 59.3 Å². The number of benzene rings is 2. The van der Waals surface area contributed by atoms with E-state index < -0.39 is 0 Å². The minimum Gasteiger partial charge on any atom is -0.493 e. The number of carbonyl (C=O) groups excluding carboxylic acids is 1. The average molecular weight is 437 g/mol. The number of aromatic amines is 1. The molecule has 1 aromatic heterocycles. The lowest BCUT2D eigenvalue weighted by atomic mass is 9.90. The van der Waals surface area contributed by atoms with Gasteiger partial charge in [-0.1, -0.05) is 24.3 Å². The molecule has 32 heavy (non-hydrogen) atoms. The van der Waals surface area contributed by atoms with Gasteiger partial charge in [0.2, 0.25) is 0 Å². The average Bonchev–Trinajstić information content (AvgIpc) is 3.15. The number of H-pyrrole nitrogens is 1. The molecule has 1 fully saturated rings. The van der Waals surface area contributed by atoms with E-state index in [9.17, 15) is 4.79 Å². The number of nitrogens with one attached hydrogen (secondary N) is 1. The summed E-state index contributed by atoms with van der Waals surface area (Å²) in [4.78, 5) is 18.3. The Kier molecular flexibility index (Phi) is 6.70. The number of aromatic nitrogens is 1. The highest BCUT2D eigenvalue weighted by molar-refractivity contribution is 5.85. The highest BCUT2D eigenvalue weighted by atomic mass is 16.5. The van der Waals surface area contributed by atoms with Gasteiger partial charge in [0, 0.05) is 22.2 Å². The quantitative estimate of drug-likeness (QED) is 0.536. The van der Waals surface area contributed by atoms with Gasteiger partial charge in [-0.3, -0.25) is 9.69 Å². The third kappa shape index (κ3) is 4.19. The molecule has 1 saturated heterocycles. The molecule has 2 aromatic carbocycles. The first-order chi connectivity index (χ1) is 15.6. The fourth-order valence-electron chi connectivity index (χ4n) is 4.89. The van der Waals surface area contributed by atoms with Crippen molar-refractivity contribution in [2.45, 2.75) is 32.7 Å². The largest absolute Gasteiger partial charge is 0.493 e. The molecule has 1 atom stereocenters. The van der Waals surface area contributed by atoms with Gasteiger partial charge in [0.15, 0.2) is 11.5 Å². The Labute approximate surface area is 189 Å². The number of likely N-dealkylation sites (tertiary alicyclic amines) is 1. The van der Waals surface area contributed by atoms with Gasteiger partial charge in [-0.2, -0.15) is 0 Å². The molecule has 0 spiro atoms. The van der Waals surface area contributed by atoms with E-state index in [1.807, 2.05) is 13.0 Å². The highest BCUT2D eigenvalue weighted by Crippen LogP contribution is 2.40. The molecular weight excluding hydrogens is 404 g/mol. The van der Waals surface area contributed by atoms with E-state index in [0.29, 0.717) is 18.1 Å². The zero-order valence-corrected chi connectivity index (χ0v) is 19.3. The molecule has 1 aliphatic rings. The van der Waals surface area contributed by atoms with Crippen molar-refractivity contribution in [2.24, 2.45) is 5.92 Å². The maximum atomic E-state index is 12.3. The summed E-state index contributed by atoms with van der Waals surface area (Å²) in [6.45, 7) is 6.07. The van der Waals surface area contributed by atoms with Gasteiger partial charge in [-0.05, 0) is 63.5 Å². The van der Waals surface area contributed by atoms with Crippen LogP contribution in [0.2, 0.25) is 0 Å². The predicted octanol–water partition coefficient (Wildman–Crippen LogP) is 4.86. The van der Waals surface area contributed by atoms with Crippen molar-refractivity contribution in [1.82, 2.24) is 9.88 Å². The second-order valence-corrected chi connectivity index (χ2v) is 8.29. The Hall–Kier alpha value is -2.99. The lowest BCUT2D eigenvalue weighted by molar-refractivity contribution is -0.149. The van der Waals surface area contributed by atoms with Crippen molar-refractivity contribution in [1.29, 1.82) is 0 Å². The lowest BCUT2D eigenvalue weighted by Gasteiger charge is -2.37. The molecule has 2 heterocycles. The van der Waals surface area contributed by atoms with Crippen LogP contribution >= 0.6 is 0 Å². The van der Waals surface area contributed by atoms with E-state index in [1.165, 1.54) is 10.9 Å². The maximum absolute atomic E-state index is 12.3. The van der Waals surface area contributed by atoms with Crippen molar-refractivity contribution in [3.63, 3.8) is 0 Å². The Balaban J connectivity index is 1.75. The molecule has 6 heteroatoms. The van der Waals surface area contributed by atoms with E-state index in [0.717, 1.165) is 42.7 Å². The fourth-order valence-corrected chi connectivity index (χ4v) is 4.89. The third-order valence-corrected chi connectivity index (χ3v) is 6.45. The van der Waals surface area contributed by atoms with Crippen LogP contribution in [0.15, 0.2) is 42.5 Å². The molecule has 0 aliphatic carbocycles. The number of piperidine rings is 1. The van der Waals surface area contributed by atoms with Crippen molar-refractivity contribution in [3.8, 4) is 11.5 Å². The lowest BCUT2D eigenvalue weighted by Crippen LogP contribution is -2.39. The molecular formula is C26H32N2O4. The van der Waals surface area contributed by atoms with Gasteiger partial charge in [0.25, 0.3) is 0 Å². The summed E-state index contributed by atoms with van der Waals surface area (Å²) >= 11 is 0. The molecule has 4 rings (SSSR count). The number of nitrogens with zero attached hydrogens (tertiary/aromatic N) is 1. The first kappa shape index (κ1) is 22.2. The van der Waals surface area contributed by atoms with Crippen LogP contribution in [-0.2, 0) is 9.53 Å². The summed E-state index contributed by atoms with van der Waals surface area (Å²) in [5, 5.41) is 1.22. The number of hydrogen-bond acceptors (Lipinski definition) is 5. The number of aryl methyl sites for hydroxylation is 1. The van der Waals surface area contributed by atoms with Crippen LogP contribution in [0.4, 0.5) is 0 Å². The number of esters is 1. The van der Waals surface area contributed by atoms with E-state index in [-0.39, 0.29) is 17.9 Å².